The van der Waals surface area contributed by atoms with Crippen LogP contribution in [0.1, 0.15) is 15.9 Å². The number of hydrogen-bond donors (Lipinski definition) is 2. The molecule has 0 fully saturated rings. The van der Waals surface area contributed by atoms with Gasteiger partial charge in [-0.1, -0.05) is 36.4 Å². The Balaban J connectivity index is 1.59. The van der Waals surface area contributed by atoms with E-state index in [1.54, 1.807) is 24.3 Å². The SMILES string of the molecule is COc1ccc(NS(=O)(=O)c2cccc(C(=O)OCC(=O)NCc3ccccc3)c2)cc1. The second kappa shape index (κ2) is 10.5. The predicted molar refractivity (Wildman–Crippen MR) is 119 cm³/mol. The monoisotopic (exact) mass is 454 g/mol. The van der Waals surface area contributed by atoms with Crippen molar-refractivity contribution in [3.05, 3.63) is 90.0 Å². The van der Waals surface area contributed by atoms with Crippen molar-refractivity contribution in [1.82, 2.24) is 5.32 Å². The number of anilines is 1. The van der Waals surface area contributed by atoms with Gasteiger partial charge in [0.1, 0.15) is 5.75 Å². The van der Waals surface area contributed by atoms with Gasteiger partial charge >= 0.3 is 5.97 Å². The van der Waals surface area contributed by atoms with Gasteiger partial charge < -0.3 is 14.8 Å². The zero-order chi connectivity index (χ0) is 23.0. The fourth-order valence-electron chi connectivity index (χ4n) is 2.73. The summed E-state index contributed by atoms with van der Waals surface area (Å²) >= 11 is 0. The van der Waals surface area contributed by atoms with Gasteiger partial charge in [-0.3, -0.25) is 9.52 Å². The first-order valence-electron chi connectivity index (χ1n) is 9.62. The zero-order valence-corrected chi connectivity index (χ0v) is 18.1. The minimum Gasteiger partial charge on any atom is -0.497 e. The molecule has 0 heterocycles. The predicted octanol–water partition coefficient (Wildman–Crippen LogP) is 2.97. The highest BCUT2D eigenvalue weighted by molar-refractivity contribution is 7.92. The molecule has 2 N–H and O–H groups in total. The Bertz CT molecular complexity index is 1180. The number of rotatable bonds is 9. The van der Waals surface area contributed by atoms with Gasteiger partial charge in [-0.2, -0.15) is 0 Å². The number of esters is 1. The van der Waals surface area contributed by atoms with Crippen LogP contribution in [-0.2, 0) is 26.1 Å². The number of carbonyl (C=O) groups excluding carboxylic acids is 2. The van der Waals surface area contributed by atoms with Crippen molar-refractivity contribution in [2.24, 2.45) is 0 Å². The first-order valence-corrected chi connectivity index (χ1v) is 11.1. The molecule has 0 saturated carbocycles. The Kier molecular flexibility index (Phi) is 7.45. The minimum absolute atomic E-state index is 0.0125. The van der Waals surface area contributed by atoms with Crippen LogP contribution in [0, 0.1) is 0 Å². The molecule has 0 saturated heterocycles. The van der Waals surface area contributed by atoms with Crippen LogP contribution in [0.25, 0.3) is 0 Å². The third-order valence-corrected chi connectivity index (χ3v) is 5.77. The van der Waals surface area contributed by atoms with Crippen LogP contribution in [0.4, 0.5) is 5.69 Å². The fourth-order valence-corrected chi connectivity index (χ4v) is 3.83. The maximum Gasteiger partial charge on any atom is 0.338 e. The van der Waals surface area contributed by atoms with Crippen LogP contribution < -0.4 is 14.8 Å². The minimum atomic E-state index is -3.94. The van der Waals surface area contributed by atoms with Gasteiger partial charge in [0.15, 0.2) is 6.61 Å². The topological polar surface area (TPSA) is 111 Å². The van der Waals surface area contributed by atoms with E-state index in [-0.39, 0.29) is 10.5 Å². The fraction of sp³-hybridized carbons (Fsp3) is 0.130. The van der Waals surface area contributed by atoms with Crippen molar-refractivity contribution in [2.45, 2.75) is 11.4 Å². The smallest absolute Gasteiger partial charge is 0.338 e. The molecule has 1 amide bonds. The molecule has 3 aromatic rings. The van der Waals surface area contributed by atoms with Crippen molar-refractivity contribution >= 4 is 27.6 Å². The van der Waals surface area contributed by atoms with E-state index in [2.05, 4.69) is 10.0 Å². The standard InChI is InChI=1S/C23H22N2O6S/c1-30-20-12-10-19(11-13-20)25-32(28,29)21-9-5-8-18(14-21)23(27)31-16-22(26)24-15-17-6-3-2-4-7-17/h2-14,25H,15-16H2,1H3,(H,24,26). The lowest BCUT2D eigenvalue weighted by atomic mass is 10.2. The quantitative estimate of drug-likeness (QED) is 0.481. The molecule has 0 radical (unpaired) electrons. The summed E-state index contributed by atoms with van der Waals surface area (Å²) in [6.07, 6.45) is 0. The summed E-state index contributed by atoms with van der Waals surface area (Å²) in [7, 11) is -2.43. The van der Waals surface area contributed by atoms with Crippen LogP contribution >= 0.6 is 0 Å². The van der Waals surface area contributed by atoms with Crippen molar-refractivity contribution in [2.75, 3.05) is 18.4 Å². The summed E-state index contributed by atoms with van der Waals surface area (Å²) in [5.74, 6) is -0.681. The molecule has 0 unspecified atom stereocenters. The molecule has 8 nitrogen and oxygen atoms in total. The third kappa shape index (κ3) is 6.32. The van der Waals surface area contributed by atoms with Gasteiger partial charge in [-0.15, -0.1) is 0 Å². The van der Waals surface area contributed by atoms with Crippen LogP contribution in [0.5, 0.6) is 5.75 Å². The molecular formula is C23H22N2O6S. The van der Waals surface area contributed by atoms with E-state index in [1.807, 2.05) is 30.3 Å². The molecule has 0 aliphatic rings. The number of hydrogen-bond acceptors (Lipinski definition) is 6. The summed E-state index contributed by atoms with van der Waals surface area (Å²) in [6, 6.07) is 21.0. The molecule has 0 aromatic heterocycles. The number of ether oxygens (including phenoxy) is 2. The highest BCUT2D eigenvalue weighted by atomic mass is 32.2. The Hall–Kier alpha value is -3.85. The summed E-state index contributed by atoms with van der Waals surface area (Å²) < 4.78 is 37.8. The van der Waals surface area contributed by atoms with Crippen LogP contribution in [-0.4, -0.2) is 34.0 Å². The van der Waals surface area contributed by atoms with Gasteiger partial charge in [0.2, 0.25) is 0 Å². The highest BCUT2D eigenvalue weighted by Crippen LogP contribution is 2.20. The van der Waals surface area contributed by atoms with Gasteiger partial charge in [0.05, 0.1) is 17.6 Å². The van der Waals surface area contributed by atoms with Gasteiger partial charge in [-0.25, -0.2) is 13.2 Å². The molecule has 0 spiro atoms. The Labute approximate surface area is 186 Å². The number of sulfonamides is 1. The third-order valence-electron chi connectivity index (χ3n) is 4.39. The average molecular weight is 455 g/mol. The summed E-state index contributed by atoms with van der Waals surface area (Å²) in [5, 5.41) is 2.65. The van der Waals surface area contributed by atoms with Gasteiger partial charge in [0, 0.05) is 12.2 Å². The van der Waals surface area contributed by atoms with Gasteiger partial charge in [0.25, 0.3) is 15.9 Å². The number of carbonyl (C=O) groups is 2. The van der Waals surface area contributed by atoms with E-state index in [9.17, 15) is 18.0 Å². The maximum atomic E-state index is 12.7. The molecule has 3 rings (SSSR count). The van der Waals surface area contributed by atoms with E-state index < -0.39 is 28.5 Å². The number of nitrogens with one attached hydrogen (secondary N) is 2. The summed E-state index contributed by atoms with van der Waals surface area (Å²) in [5.41, 5.74) is 1.27. The largest absolute Gasteiger partial charge is 0.497 e. The van der Waals surface area contributed by atoms with Crippen molar-refractivity contribution in [1.29, 1.82) is 0 Å². The van der Waals surface area contributed by atoms with Crippen LogP contribution in [0.2, 0.25) is 0 Å². The number of amides is 1. The average Bonchev–Trinajstić information content (AvgIpc) is 2.82. The summed E-state index contributed by atoms with van der Waals surface area (Å²) in [4.78, 5) is 24.1. The van der Waals surface area contributed by atoms with Crippen LogP contribution in [0.3, 0.4) is 0 Å². The lowest BCUT2D eigenvalue weighted by Gasteiger charge is -2.10. The first kappa shape index (κ1) is 22.8. The van der Waals surface area contributed by atoms with Crippen molar-refractivity contribution in [3.8, 4) is 5.75 Å². The Morgan fingerprint density at radius 3 is 2.31 bits per heavy atom. The molecule has 0 bridgehead atoms. The zero-order valence-electron chi connectivity index (χ0n) is 17.3. The van der Waals surface area contributed by atoms with E-state index in [0.717, 1.165) is 5.56 Å². The molecule has 0 aliphatic heterocycles. The molecule has 166 valence electrons. The molecule has 32 heavy (non-hydrogen) atoms. The number of methoxy groups -OCH3 is 1. The van der Waals surface area contributed by atoms with E-state index in [0.29, 0.717) is 18.0 Å². The molecular weight excluding hydrogens is 432 g/mol. The lowest BCUT2D eigenvalue weighted by Crippen LogP contribution is -2.28. The molecule has 9 heteroatoms. The van der Waals surface area contributed by atoms with Crippen LogP contribution in [0.15, 0.2) is 83.8 Å². The molecule has 0 aliphatic carbocycles. The van der Waals surface area contributed by atoms with E-state index in [4.69, 9.17) is 9.47 Å². The normalized spacial score (nSPS) is 10.8. The van der Waals surface area contributed by atoms with E-state index >= 15 is 0 Å². The molecule has 3 aromatic carbocycles. The lowest BCUT2D eigenvalue weighted by molar-refractivity contribution is -0.124. The second-order valence-corrected chi connectivity index (χ2v) is 8.38. The second-order valence-electron chi connectivity index (χ2n) is 6.70. The number of benzene rings is 3. The summed E-state index contributed by atoms with van der Waals surface area (Å²) in [6.45, 7) is -0.172. The highest BCUT2D eigenvalue weighted by Gasteiger charge is 2.18. The Morgan fingerprint density at radius 1 is 0.906 bits per heavy atom. The maximum absolute atomic E-state index is 12.7. The van der Waals surface area contributed by atoms with Crippen molar-refractivity contribution in [3.63, 3.8) is 0 Å². The molecule has 0 atom stereocenters. The van der Waals surface area contributed by atoms with E-state index in [1.165, 1.54) is 31.4 Å². The first-order chi connectivity index (χ1) is 15.4. The Morgan fingerprint density at radius 2 is 1.62 bits per heavy atom. The van der Waals surface area contributed by atoms with Gasteiger partial charge in [-0.05, 0) is 48.0 Å². The van der Waals surface area contributed by atoms with Crippen molar-refractivity contribution < 1.29 is 27.5 Å².